The molecule has 0 bridgehead atoms. The summed E-state index contributed by atoms with van der Waals surface area (Å²) in [6, 6.07) is 0. The second kappa shape index (κ2) is 3.41. The summed E-state index contributed by atoms with van der Waals surface area (Å²) < 4.78 is 0. The third-order valence-electron chi connectivity index (χ3n) is 0.586. The Bertz CT molecular complexity index is 62.0. The summed E-state index contributed by atoms with van der Waals surface area (Å²) in [5.74, 6) is 0. The van der Waals surface area contributed by atoms with Gasteiger partial charge in [0.05, 0.1) is 0 Å². The Labute approximate surface area is 53.4 Å². The molecule has 6 heavy (non-hydrogen) atoms. The van der Waals surface area contributed by atoms with Gasteiger partial charge in [0.25, 0.3) is 0 Å². The van der Waals surface area contributed by atoms with Crippen LogP contribution in [0.3, 0.4) is 0 Å². The first-order valence-corrected chi connectivity index (χ1v) is 1.72. The van der Waals surface area contributed by atoms with Crippen LogP contribution >= 0.6 is 0 Å². The van der Waals surface area contributed by atoms with Gasteiger partial charge in [-0.15, -0.1) is 6.42 Å². The Morgan fingerprint density at radius 1 is 1.50 bits per heavy atom. The zero-order valence-electron chi connectivity index (χ0n) is 3.39. The molecule has 0 saturated heterocycles. The smallest absolute Gasteiger partial charge is 0 e. The average Bonchev–Trinajstić information content (AvgIpc) is 1.76. The van der Waals surface area contributed by atoms with Gasteiger partial charge < -0.3 is 0 Å². The summed E-state index contributed by atoms with van der Waals surface area (Å²) in [6.45, 7) is 0. The monoisotopic (exact) mass is 158 g/mol. The molecule has 0 unspecified atom stereocenters. The molecule has 1 aliphatic rings. The third-order valence-corrected chi connectivity index (χ3v) is 0.586. The van der Waals surface area contributed by atoms with E-state index in [1.807, 2.05) is 12.2 Å². The number of allylic oxidation sites excluding steroid dienone is 4. The van der Waals surface area contributed by atoms with Crippen molar-refractivity contribution < 1.29 is 22.4 Å². The summed E-state index contributed by atoms with van der Waals surface area (Å²) in [7, 11) is 0. The van der Waals surface area contributed by atoms with E-state index in [1.54, 1.807) is 0 Å². The van der Waals surface area contributed by atoms with E-state index in [1.165, 1.54) is 0 Å². The number of hydrogen-bond donors (Lipinski definition) is 0. The summed E-state index contributed by atoms with van der Waals surface area (Å²) in [5, 5.41) is 0. The molecule has 0 atom stereocenters. The quantitative estimate of drug-likeness (QED) is 0.368. The molecule has 1 radical (unpaired) electrons. The Morgan fingerprint density at radius 2 is 2.33 bits per heavy atom. The molecule has 0 fully saturated rings. The fourth-order valence-corrected chi connectivity index (χ4v) is 0.340. The standard InChI is InChI=1S/C5H5.Nb/c1-2-4-5-3-1;/h1-3H,4H2;/q-1;. The molecule has 0 amide bonds. The Morgan fingerprint density at radius 3 is 2.50 bits per heavy atom. The molecule has 0 heterocycles. The molecule has 0 aromatic rings. The predicted molar refractivity (Wildman–Crippen MR) is 21.6 cm³/mol. The molecular weight excluding hydrogens is 153 g/mol. The van der Waals surface area contributed by atoms with Crippen LogP contribution in [0.5, 0.6) is 0 Å². The Balaban J connectivity index is 0.000000250. The van der Waals surface area contributed by atoms with Crippen molar-refractivity contribution in [3.8, 4) is 0 Å². The summed E-state index contributed by atoms with van der Waals surface area (Å²) in [6.07, 6.45) is 10.0. The summed E-state index contributed by atoms with van der Waals surface area (Å²) >= 11 is 0. The zero-order chi connectivity index (χ0) is 3.54. The van der Waals surface area contributed by atoms with Crippen molar-refractivity contribution in [2.45, 2.75) is 6.42 Å². The first-order valence-electron chi connectivity index (χ1n) is 1.72. The molecule has 0 saturated carbocycles. The summed E-state index contributed by atoms with van der Waals surface area (Å²) in [5.41, 5.74) is 0. The summed E-state index contributed by atoms with van der Waals surface area (Å²) in [4.78, 5) is 0. The van der Waals surface area contributed by atoms with E-state index >= 15 is 0 Å². The van der Waals surface area contributed by atoms with Crippen LogP contribution in [-0.2, 0) is 22.4 Å². The molecule has 0 aliphatic heterocycles. The van der Waals surface area contributed by atoms with Crippen molar-refractivity contribution in [1.82, 2.24) is 0 Å². The SMILES string of the molecule is [C-]1=CC=CC1.[Nb]. The van der Waals surface area contributed by atoms with Crippen LogP contribution in [0, 0.1) is 6.08 Å². The van der Waals surface area contributed by atoms with E-state index in [-0.39, 0.29) is 22.4 Å². The van der Waals surface area contributed by atoms with Crippen molar-refractivity contribution >= 4 is 0 Å². The molecule has 1 aliphatic carbocycles. The van der Waals surface area contributed by atoms with Gasteiger partial charge in [-0.25, -0.2) is 12.2 Å². The van der Waals surface area contributed by atoms with E-state index in [9.17, 15) is 0 Å². The van der Waals surface area contributed by atoms with Gasteiger partial charge in [0.2, 0.25) is 0 Å². The molecule has 0 N–H and O–H groups in total. The van der Waals surface area contributed by atoms with Gasteiger partial charge in [-0.1, -0.05) is 0 Å². The maximum atomic E-state index is 2.99. The van der Waals surface area contributed by atoms with E-state index in [2.05, 4.69) is 12.2 Å². The van der Waals surface area contributed by atoms with E-state index < -0.39 is 0 Å². The first-order chi connectivity index (χ1) is 2.50. The van der Waals surface area contributed by atoms with Crippen molar-refractivity contribution in [2.24, 2.45) is 0 Å². The molecule has 1 heteroatoms. The largest absolute Gasteiger partial charge is 0.273 e. The van der Waals surface area contributed by atoms with Crippen LogP contribution < -0.4 is 0 Å². The topological polar surface area (TPSA) is 0 Å². The van der Waals surface area contributed by atoms with Crippen molar-refractivity contribution in [3.05, 3.63) is 24.3 Å². The minimum absolute atomic E-state index is 0. The maximum Gasteiger partial charge on any atom is 0 e. The van der Waals surface area contributed by atoms with Gasteiger partial charge in [-0.3, -0.25) is 6.08 Å². The van der Waals surface area contributed by atoms with E-state index in [0.717, 1.165) is 6.42 Å². The fraction of sp³-hybridized carbons (Fsp3) is 0.200. The van der Waals surface area contributed by atoms with Crippen LogP contribution in [0.4, 0.5) is 0 Å². The fourth-order valence-electron chi connectivity index (χ4n) is 0.340. The minimum Gasteiger partial charge on any atom is -0.273 e. The van der Waals surface area contributed by atoms with Crippen LogP contribution in [0.15, 0.2) is 18.2 Å². The van der Waals surface area contributed by atoms with Crippen molar-refractivity contribution in [1.29, 1.82) is 0 Å². The van der Waals surface area contributed by atoms with E-state index in [4.69, 9.17) is 0 Å². The van der Waals surface area contributed by atoms with Crippen molar-refractivity contribution in [3.63, 3.8) is 0 Å². The molecule has 31 valence electrons. The van der Waals surface area contributed by atoms with Gasteiger partial charge in [0, 0.05) is 22.4 Å². The van der Waals surface area contributed by atoms with Crippen LogP contribution in [-0.4, -0.2) is 0 Å². The molecule has 0 aromatic carbocycles. The number of rotatable bonds is 0. The van der Waals surface area contributed by atoms with Crippen LogP contribution in [0.2, 0.25) is 0 Å². The number of hydrogen-bond acceptors (Lipinski definition) is 0. The van der Waals surface area contributed by atoms with Gasteiger partial charge in [0.1, 0.15) is 0 Å². The van der Waals surface area contributed by atoms with E-state index in [0.29, 0.717) is 0 Å². The first kappa shape index (κ1) is 6.22. The maximum absolute atomic E-state index is 2.99. The van der Waals surface area contributed by atoms with Gasteiger partial charge >= 0.3 is 0 Å². The van der Waals surface area contributed by atoms with Crippen LogP contribution in [0.1, 0.15) is 6.42 Å². The predicted octanol–water partition coefficient (Wildman–Crippen LogP) is 1.30. The molecule has 0 spiro atoms. The molecule has 1 rings (SSSR count). The minimum atomic E-state index is 0. The third kappa shape index (κ3) is 1.61. The Hall–Kier alpha value is 0.220. The van der Waals surface area contributed by atoms with Gasteiger partial charge in [-0.05, 0) is 0 Å². The van der Waals surface area contributed by atoms with Gasteiger partial charge in [-0.2, -0.15) is 6.08 Å². The Kier molecular flexibility index (Phi) is 3.54. The normalized spacial score (nSPS) is 14.7. The molecule has 0 aromatic heterocycles. The molecular formula is C5H5Nb-. The van der Waals surface area contributed by atoms with Gasteiger partial charge in [0.15, 0.2) is 0 Å². The van der Waals surface area contributed by atoms with Crippen LogP contribution in [0.25, 0.3) is 0 Å². The molecule has 0 nitrogen and oxygen atoms in total. The average molecular weight is 158 g/mol. The second-order valence-electron chi connectivity index (χ2n) is 1.00. The second-order valence-corrected chi connectivity index (χ2v) is 1.00. The van der Waals surface area contributed by atoms with Crippen molar-refractivity contribution in [2.75, 3.05) is 0 Å². The zero-order valence-corrected chi connectivity index (χ0v) is 5.58.